The predicted octanol–water partition coefficient (Wildman–Crippen LogP) is 6.19. The second kappa shape index (κ2) is 9.25. The third-order valence-corrected chi connectivity index (χ3v) is 4.88. The Labute approximate surface area is 173 Å². The molecule has 0 aromatic heterocycles. The van der Waals surface area contributed by atoms with Gasteiger partial charge in [-0.3, -0.25) is 4.79 Å². The molecular formula is C21H17Cl3N2O. The molecule has 3 aromatic carbocycles. The summed E-state index contributed by atoms with van der Waals surface area (Å²) in [7, 11) is 0. The van der Waals surface area contributed by atoms with Gasteiger partial charge in [0.1, 0.15) is 0 Å². The predicted molar refractivity (Wildman–Crippen MR) is 113 cm³/mol. The Morgan fingerprint density at radius 2 is 1.63 bits per heavy atom. The zero-order valence-electron chi connectivity index (χ0n) is 14.3. The molecular weight excluding hydrogens is 403 g/mol. The van der Waals surface area contributed by atoms with Gasteiger partial charge in [-0.25, -0.2) is 0 Å². The van der Waals surface area contributed by atoms with Crippen LogP contribution in [0.3, 0.4) is 0 Å². The van der Waals surface area contributed by atoms with Crippen molar-refractivity contribution < 1.29 is 4.79 Å². The van der Waals surface area contributed by atoms with E-state index in [-0.39, 0.29) is 5.91 Å². The molecule has 0 atom stereocenters. The van der Waals surface area contributed by atoms with E-state index in [4.69, 9.17) is 34.8 Å². The maximum atomic E-state index is 12.4. The number of amides is 1. The molecule has 0 bridgehead atoms. The van der Waals surface area contributed by atoms with Crippen molar-refractivity contribution >= 4 is 46.4 Å². The van der Waals surface area contributed by atoms with Crippen molar-refractivity contribution in [1.29, 1.82) is 0 Å². The number of carbonyl (C=O) groups is 1. The molecule has 0 aliphatic rings. The molecule has 2 N–H and O–H groups in total. The van der Waals surface area contributed by atoms with Crippen molar-refractivity contribution in [1.82, 2.24) is 5.32 Å². The number of carbonyl (C=O) groups excluding carboxylic acids is 1. The van der Waals surface area contributed by atoms with Crippen LogP contribution in [0.1, 0.15) is 21.5 Å². The van der Waals surface area contributed by atoms with Crippen molar-refractivity contribution in [3.8, 4) is 0 Å². The number of rotatable bonds is 6. The van der Waals surface area contributed by atoms with Gasteiger partial charge in [0.2, 0.25) is 0 Å². The molecule has 0 radical (unpaired) electrons. The lowest BCUT2D eigenvalue weighted by molar-refractivity contribution is 0.102. The van der Waals surface area contributed by atoms with Crippen LogP contribution in [0.4, 0.5) is 5.69 Å². The van der Waals surface area contributed by atoms with Crippen LogP contribution >= 0.6 is 34.8 Å². The van der Waals surface area contributed by atoms with Crippen LogP contribution in [0.5, 0.6) is 0 Å². The summed E-state index contributed by atoms with van der Waals surface area (Å²) in [6.45, 7) is 1.25. The van der Waals surface area contributed by atoms with Crippen molar-refractivity contribution in [3.05, 3.63) is 98.5 Å². The summed E-state index contributed by atoms with van der Waals surface area (Å²) in [5.74, 6) is -0.237. The fourth-order valence-corrected chi connectivity index (χ4v) is 3.31. The van der Waals surface area contributed by atoms with Crippen LogP contribution in [0.15, 0.2) is 66.7 Å². The van der Waals surface area contributed by atoms with E-state index in [9.17, 15) is 4.79 Å². The van der Waals surface area contributed by atoms with Gasteiger partial charge in [0.25, 0.3) is 5.91 Å². The number of nitrogens with one attached hydrogen (secondary N) is 2. The van der Waals surface area contributed by atoms with Crippen LogP contribution in [-0.4, -0.2) is 5.91 Å². The highest BCUT2D eigenvalue weighted by atomic mass is 35.5. The standard InChI is InChI=1S/C21H17Cl3N2O/c22-16-9-8-15(20(24)11-16)13-25-12-14-4-3-5-17(10-14)26-21(27)18-6-1-2-7-19(18)23/h1-11,25H,12-13H2,(H,26,27). The van der Waals surface area contributed by atoms with Gasteiger partial charge in [-0.15, -0.1) is 0 Å². The Morgan fingerprint density at radius 3 is 2.41 bits per heavy atom. The SMILES string of the molecule is O=C(Nc1cccc(CNCc2ccc(Cl)cc2Cl)c1)c1ccccc1Cl. The second-order valence-corrected chi connectivity index (χ2v) is 7.22. The lowest BCUT2D eigenvalue weighted by atomic mass is 10.1. The van der Waals surface area contributed by atoms with Gasteiger partial charge in [-0.1, -0.05) is 65.1 Å². The van der Waals surface area contributed by atoms with E-state index in [1.165, 1.54) is 0 Å². The van der Waals surface area contributed by atoms with Gasteiger partial charge in [-0.2, -0.15) is 0 Å². The van der Waals surface area contributed by atoms with Gasteiger partial charge in [0.05, 0.1) is 10.6 Å². The van der Waals surface area contributed by atoms with Crippen LogP contribution in [-0.2, 0) is 13.1 Å². The first kappa shape index (κ1) is 19.7. The molecule has 3 rings (SSSR count). The molecule has 0 aliphatic carbocycles. The van der Waals surface area contributed by atoms with Gasteiger partial charge < -0.3 is 10.6 Å². The first-order valence-corrected chi connectivity index (χ1v) is 9.46. The Bertz CT molecular complexity index is 960. The van der Waals surface area contributed by atoms with Gasteiger partial charge in [-0.05, 0) is 47.5 Å². The lowest BCUT2D eigenvalue weighted by Gasteiger charge is -2.10. The van der Waals surface area contributed by atoms with Crippen molar-refractivity contribution in [2.45, 2.75) is 13.1 Å². The maximum Gasteiger partial charge on any atom is 0.257 e. The molecule has 27 heavy (non-hydrogen) atoms. The minimum atomic E-state index is -0.237. The zero-order valence-corrected chi connectivity index (χ0v) is 16.6. The molecule has 0 fully saturated rings. The fraction of sp³-hybridized carbons (Fsp3) is 0.0952. The van der Waals surface area contributed by atoms with Crippen LogP contribution in [0.25, 0.3) is 0 Å². The molecule has 0 saturated heterocycles. The fourth-order valence-electron chi connectivity index (χ4n) is 2.61. The molecule has 6 heteroatoms. The largest absolute Gasteiger partial charge is 0.322 e. The Balaban J connectivity index is 1.60. The summed E-state index contributed by atoms with van der Waals surface area (Å²) in [5, 5.41) is 7.89. The summed E-state index contributed by atoms with van der Waals surface area (Å²) in [6.07, 6.45) is 0. The first-order chi connectivity index (χ1) is 13.0. The van der Waals surface area contributed by atoms with Gasteiger partial charge in [0.15, 0.2) is 0 Å². The molecule has 138 valence electrons. The molecule has 0 unspecified atom stereocenters. The summed E-state index contributed by atoms with van der Waals surface area (Å²) < 4.78 is 0. The molecule has 0 heterocycles. The smallest absolute Gasteiger partial charge is 0.257 e. The molecule has 0 spiro atoms. The normalized spacial score (nSPS) is 10.6. The highest BCUT2D eigenvalue weighted by Gasteiger charge is 2.10. The van der Waals surface area contributed by atoms with Crippen molar-refractivity contribution in [2.24, 2.45) is 0 Å². The number of anilines is 1. The van der Waals surface area contributed by atoms with E-state index < -0.39 is 0 Å². The van der Waals surface area contributed by atoms with E-state index in [1.54, 1.807) is 30.3 Å². The highest BCUT2D eigenvalue weighted by Crippen LogP contribution is 2.21. The van der Waals surface area contributed by atoms with Crippen LogP contribution < -0.4 is 10.6 Å². The average Bonchev–Trinajstić information content (AvgIpc) is 2.64. The van der Waals surface area contributed by atoms with Crippen LogP contribution in [0.2, 0.25) is 15.1 Å². The molecule has 3 nitrogen and oxygen atoms in total. The second-order valence-electron chi connectivity index (χ2n) is 5.97. The minimum absolute atomic E-state index is 0.237. The molecule has 0 saturated carbocycles. The van der Waals surface area contributed by atoms with Crippen molar-refractivity contribution in [3.63, 3.8) is 0 Å². The lowest BCUT2D eigenvalue weighted by Crippen LogP contribution is -2.14. The number of benzene rings is 3. The Morgan fingerprint density at radius 1 is 0.815 bits per heavy atom. The summed E-state index contributed by atoms with van der Waals surface area (Å²) in [4.78, 5) is 12.4. The third kappa shape index (κ3) is 5.47. The Hall–Kier alpha value is -2.04. The zero-order chi connectivity index (χ0) is 19.2. The molecule has 3 aromatic rings. The van der Waals surface area contributed by atoms with Crippen molar-refractivity contribution in [2.75, 3.05) is 5.32 Å². The summed E-state index contributed by atoms with van der Waals surface area (Å²) in [5.41, 5.74) is 3.17. The average molecular weight is 420 g/mol. The van der Waals surface area contributed by atoms with E-state index in [1.807, 2.05) is 36.4 Å². The number of hydrogen-bond donors (Lipinski definition) is 2. The molecule has 1 amide bonds. The number of halogens is 3. The minimum Gasteiger partial charge on any atom is -0.322 e. The van der Waals surface area contributed by atoms with Crippen LogP contribution in [0, 0.1) is 0 Å². The summed E-state index contributed by atoms with van der Waals surface area (Å²) >= 11 is 18.2. The number of hydrogen-bond acceptors (Lipinski definition) is 2. The van der Waals surface area contributed by atoms with E-state index >= 15 is 0 Å². The van der Waals surface area contributed by atoms with Gasteiger partial charge in [0, 0.05) is 28.8 Å². The third-order valence-electron chi connectivity index (χ3n) is 3.96. The monoisotopic (exact) mass is 418 g/mol. The van der Waals surface area contributed by atoms with E-state index in [0.717, 1.165) is 11.1 Å². The quantitative estimate of drug-likeness (QED) is 0.500. The summed E-state index contributed by atoms with van der Waals surface area (Å²) in [6, 6.07) is 20.0. The van der Waals surface area contributed by atoms with Gasteiger partial charge >= 0.3 is 0 Å². The highest BCUT2D eigenvalue weighted by molar-refractivity contribution is 6.35. The molecule has 0 aliphatic heterocycles. The van der Waals surface area contributed by atoms with E-state index in [0.29, 0.717) is 39.4 Å². The topological polar surface area (TPSA) is 41.1 Å². The maximum absolute atomic E-state index is 12.4. The Kier molecular flexibility index (Phi) is 6.75. The first-order valence-electron chi connectivity index (χ1n) is 8.32. The van der Waals surface area contributed by atoms with E-state index in [2.05, 4.69) is 10.6 Å².